The van der Waals surface area contributed by atoms with Gasteiger partial charge in [0.15, 0.2) is 0 Å². The minimum atomic E-state index is 0.00429. The maximum Gasteiger partial charge on any atom is 0.233 e. The smallest absolute Gasteiger partial charge is 0.233 e. The first-order valence-electron chi connectivity index (χ1n) is 8.45. The Kier molecular flexibility index (Phi) is 7.79. The van der Waals surface area contributed by atoms with Gasteiger partial charge in [0.25, 0.3) is 0 Å². The molecular formula is C20H26N2O3. The molecule has 2 aromatic rings. The van der Waals surface area contributed by atoms with E-state index in [0.717, 1.165) is 36.4 Å². The Hall–Kier alpha value is -2.53. The number of para-hydroxylation sites is 1. The molecule has 0 fully saturated rings. The van der Waals surface area contributed by atoms with Crippen molar-refractivity contribution < 1.29 is 14.3 Å². The summed E-state index contributed by atoms with van der Waals surface area (Å²) in [6, 6.07) is 15.8. The first-order valence-corrected chi connectivity index (χ1v) is 8.45. The summed E-state index contributed by atoms with van der Waals surface area (Å²) in [6.45, 7) is 1.67. The van der Waals surface area contributed by atoms with E-state index in [-0.39, 0.29) is 5.91 Å². The second-order valence-electron chi connectivity index (χ2n) is 5.69. The molecule has 0 aliphatic rings. The van der Waals surface area contributed by atoms with Gasteiger partial charge in [0.1, 0.15) is 11.5 Å². The van der Waals surface area contributed by atoms with Gasteiger partial charge in [-0.05, 0) is 48.7 Å². The summed E-state index contributed by atoms with van der Waals surface area (Å²) >= 11 is 0. The van der Waals surface area contributed by atoms with Crippen molar-refractivity contribution in [1.29, 1.82) is 0 Å². The molecule has 0 radical (unpaired) electrons. The lowest BCUT2D eigenvalue weighted by Crippen LogP contribution is -2.35. The van der Waals surface area contributed by atoms with Crippen molar-refractivity contribution in [3.63, 3.8) is 0 Å². The minimum absolute atomic E-state index is 0.00429. The van der Waals surface area contributed by atoms with Gasteiger partial charge in [-0.2, -0.15) is 0 Å². The third-order valence-corrected chi connectivity index (χ3v) is 3.94. The molecule has 0 heterocycles. The fourth-order valence-corrected chi connectivity index (χ4v) is 2.54. The number of carbonyl (C=O) groups is 1. The third-order valence-electron chi connectivity index (χ3n) is 3.94. The lowest BCUT2D eigenvalue weighted by atomic mass is 10.1. The minimum Gasteiger partial charge on any atom is -0.497 e. The average Bonchev–Trinajstić information content (AvgIpc) is 2.66. The van der Waals surface area contributed by atoms with Crippen LogP contribution in [-0.4, -0.2) is 39.8 Å². The van der Waals surface area contributed by atoms with E-state index >= 15 is 0 Å². The number of ether oxygens (including phenoxy) is 2. The maximum absolute atomic E-state index is 11.9. The van der Waals surface area contributed by atoms with Gasteiger partial charge in [0.2, 0.25) is 5.91 Å². The van der Waals surface area contributed by atoms with Crippen molar-refractivity contribution in [1.82, 2.24) is 10.6 Å². The molecule has 0 saturated carbocycles. The molecule has 25 heavy (non-hydrogen) atoms. The zero-order valence-corrected chi connectivity index (χ0v) is 14.9. The van der Waals surface area contributed by atoms with Crippen LogP contribution in [0.25, 0.3) is 0 Å². The van der Waals surface area contributed by atoms with Gasteiger partial charge >= 0.3 is 0 Å². The lowest BCUT2D eigenvalue weighted by Gasteiger charge is -2.09. The molecule has 2 rings (SSSR count). The van der Waals surface area contributed by atoms with Crippen molar-refractivity contribution >= 4 is 5.91 Å². The summed E-state index contributed by atoms with van der Waals surface area (Å²) in [7, 11) is 3.31. The summed E-state index contributed by atoms with van der Waals surface area (Å²) in [5, 5.41) is 6.09. The van der Waals surface area contributed by atoms with Crippen LogP contribution in [0.4, 0.5) is 0 Å². The van der Waals surface area contributed by atoms with Crippen LogP contribution in [0.2, 0.25) is 0 Å². The molecule has 134 valence electrons. The van der Waals surface area contributed by atoms with E-state index < -0.39 is 0 Å². The summed E-state index contributed by atoms with van der Waals surface area (Å²) in [6.07, 6.45) is 1.63. The van der Waals surface area contributed by atoms with Gasteiger partial charge in [-0.25, -0.2) is 0 Å². The average molecular weight is 342 g/mol. The highest BCUT2D eigenvalue weighted by molar-refractivity contribution is 5.77. The largest absolute Gasteiger partial charge is 0.497 e. The van der Waals surface area contributed by atoms with Crippen LogP contribution in [0, 0.1) is 0 Å². The fourth-order valence-electron chi connectivity index (χ4n) is 2.54. The Labute approximate surface area is 149 Å². The van der Waals surface area contributed by atoms with Crippen LogP contribution in [0.15, 0.2) is 48.5 Å². The van der Waals surface area contributed by atoms with Gasteiger partial charge in [0.05, 0.1) is 20.8 Å². The molecular weight excluding hydrogens is 316 g/mol. The molecule has 0 aliphatic heterocycles. The Morgan fingerprint density at radius 1 is 0.920 bits per heavy atom. The second kappa shape index (κ2) is 10.4. The van der Waals surface area contributed by atoms with Crippen molar-refractivity contribution in [3.8, 4) is 11.5 Å². The molecule has 1 amide bonds. The first-order chi connectivity index (χ1) is 12.2. The van der Waals surface area contributed by atoms with Gasteiger partial charge in [-0.3, -0.25) is 4.79 Å². The van der Waals surface area contributed by atoms with Crippen LogP contribution < -0.4 is 20.1 Å². The number of amides is 1. The van der Waals surface area contributed by atoms with Crippen LogP contribution in [0.1, 0.15) is 11.1 Å². The maximum atomic E-state index is 11.9. The van der Waals surface area contributed by atoms with Crippen molar-refractivity contribution in [2.24, 2.45) is 0 Å². The predicted molar refractivity (Wildman–Crippen MR) is 99.3 cm³/mol. The molecule has 2 aromatic carbocycles. The van der Waals surface area contributed by atoms with E-state index in [4.69, 9.17) is 9.47 Å². The van der Waals surface area contributed by atoms with Crippen LogP contribution >= 0.6 is 0 Å². The van der Waals surface area contributed by atoms with E-state index in [2.05, 4.69) is 10.6 Å². The quantitative estimate of drug-likeness (QED) is 0.650. The molecule has 0 saturated heterocycles. The standard InChI is InChI=1S/C20H26N2O3/c1-24-18-9-7-16(8-10-18)11-13-21-15-20(23)22-14-12-17-5-3-4-6-19(17)25-2/h3-10,21H,11-15H2,1-2H3,(H,22,23). The number of rotatable bonds is 10. The molecule has 0 atom stereocenters. The molecule has 0 aromatic heterocycles. The van der Waals surface area contributed by atoms with E-state index in [1.165, 1.54) is 5.56 Å². The summed E-state index contributed by atoms with van der Waals surface area (Å²) in [4.78, 5) is 11.9. The summed E-state index contributed by atoms with van der Waals surface area (Å²) in [5.41, 5.74) is 2.31. The Morgan fingerprint density at radius 3 is 2.40 bits per heavy atom. The third kappa shape index (κ3) is 6.47. The topological polar surface area (TPSA) is 59.6 Å². The predicted octanol–water partition coefficient (Wildman–Crippen LogP) is 2.19. The Balaban J connectivity index is 1.60. The number of hydrogen-bond acceptors (Lipinski definition) is 4. The highest BCUT2D eigenvalue weighted by atomic mass is 16.5. The normalized spacial score (nSPS) is 10.3. The zero-order valence-electron chi connectivity index (χ0n) is 14.9. The van der Waals surface area contributed by atoms with Crippen molar-refractivity contribution in [3.05, 3.63) is 59.7 Å². The van der Waals surface area contributed by atoms with Crippen LogP contribution in [0.5, 0.6) is 11.5 Å². The monoisotopic (exact) mass is 342 g/mol. The van der Waals surface area contributed by atoms with Gasteiger partial charge in [-0.1, -0.05) is 30.3 Å². The Bertz CT molecular complexity index is 656. The van der Waals surface area contributed by atoms with Gasteiger partial charge in [-0.15, -0.1) is 0 Å². The summed E-state index contributed by atoms with van der Waals surface area (Å²) < 4.78 is 10.4. The molecule has 5 nitrogen and oxygen atoms in total. The van der Waals surface area contributed by atoms with E-state index in [1.807, 2.05) is 48.5 Å². The van der Waals surface area contributed by atoms with Crippen molar-refractivity contribution in [2.75, 3.05) is 33.9 Å². The molecule has 5 heteroatoms. The SMILES string of the molecule is COc1ccc(CCNCC(=O)NCCc2ccccc2OC)cc1. The number of hydrogen-bond donors (Lipinski definition) is 2. The molecule has 0 bridgehead atoms. The van der Waals surface area contributed by atoms with E-state index in [0.29, 0.717) is 13.1 Å². The van der Waals surface area contributed by atoms with Gasteiger partial charge < -0.3 is 20.1 Å². The molecule has 2 N–H and O–H groups in total. The molecule has 0 unspecified atom stereocenters. The second-order valence-corrected chi connectivity index (χ2v) is 5.69. The van der Waals surface area contributed by atoms with Crippen LogP contribution in [-0.2, 0) is 17.6 Å². The fraction of sp³-hybridized carbons (Fsp3) is 0.350. The lowest BCUT2D eigenvalue weighted by molar-refractivity contribution is -0.120. The highest BCUT2D eigenvalue weighted by Gasteiger charge is 2.04. The number of benzene rings is 2. The Morgan fingerprint density at radius 2 is 1.68 bits per heavy atom. The van der Waals surface area contributed by atoms with E-state index in [1.54, 1.807) is 14.2 Å². The molecule has 0 aliphatic carbocycles. The summed E-state index contributed by atoms with van der Waals surface area (Å²) in [5.74, 6) is 1.71. The van der Waals surface area contributed by atoms with Crippen LogP contribution in [0.3, 0.4) is 0 Å². The zero-order chi connectivity index (χ0) is 17.9. The van der Waals surface area contributed by atoms with Crippen molar-refractivity contribution in [2.45, 2.75) is 12.8 Å². The highest BCUT2D eigenvalue weighted by Crippen LogP contribution is 2.17. The first kappa shape index (κ1) is 18.8. The number of nitrogens with one attached hydrogen (secondary N) is 2. The number of methoxy groups -OCH3 is 2. The van der Waals surface area contributed by atoms with E-state index in [9.17, 15) is 4.79 Å². The number of carbonyl (C=O) groups excluding carboxylic acids is 1. The van der Waals surface area contributed by atoms with Gasteiger partial charge in [0, 0.05) is 6.54 Å². The molecule has 0 spiro atoms.